The van der Waals surface area contributed by atoms with E-state index in [-0.39, 0.29) is 0 Å². The Balaban J connectivity index is 1.70. The summed E-state index contributed by atoms with van der Waals surface area (Å²) in [5, 5.41) is 3.84. The van der Waals surface area contributed by atoms with Crippen molar-refractivity contribution in [1.82, 2.24) is 5.32 Å². The molecule has 0 aromatic rings. The molecule has 0 bridgehead atoms. The lowest BCUT2D eigenvalue weighted by atomic mass is 9.78. The molecule has 1 N–H and O–H groups in total. The molecule has 1 saturated heterocycles. The second-order valence-electron chi connectivity index (χ2n) is 7.15. The van der Waals surface area contributed by atoms with Gasteiger partial charge in [0.25, 0.3) is 0 Å². The molecule has 118 valence electrons. The molecule has 2 heteroatoms. The summed E-state index contributed by atoms with van der Waals surface area (Å²) < 4.78 is 5.76. The van der Waals surface area contributed by atoms with Gasteiger partial charge in [0, 0.05) is 12.6 Å². The third-order valence-corrected chi connectivity index (χ3v) is 5.35. The molecule has 0 amide bonds. The molecule has 1 aliphatic carbocycles. The van der Waals surface area contributed by atoms with E-state index in [0.29, 0.717) is 6.10 Å². The lowest BCUT2D eigenvalue weighted by Gasteiger charge is -2.33. The first-order chi connectivity index (χ1) is 9.79. The zero-order valence-electron chi connectivity index (χ0n) is 13.7. The normalized spacial score (nSPS) is 32.4. The molecule has 1 saturated carbocycles. The third kappa shape index (κ3) is 5.37. The van der Waals surface area contributed by atoms with Crippen molar-refractivity contribution in [3.05, 3.63) is 0 Å². The van der Waals surface area contributed by atoms with Crippen LogP contribution in [0, 0.1) is 11.8 Å². The summed E-state index contributed by atoms with van der Waals surface area (Å²) in [5.74, 6) is 1.90. The summed E-state index contributed by atoms with van der Waals surface area (Å²) in [4.78, 5) is 0. The predicted octanol–water partition coefficient (Wildman–Crippen LogP) is 4.53. The van der Waals surface area contributed by atoms with Gasteiger partial charge in [0.05, 0.1) is 6.10 Å². The molecule has 0 spiro atoms. The first-order valence-corrected chi connectivity index (χ1v) is 9.14. The summed E-state index contributed by atoms with van der Waals surface area (Å²) in [6, 6.07) is 0.767. The molecule has 2 rings (SSSR count). The van der Waals surface area contributed by atoms with Gasteiger partial charge in [-0.05, 0) is 69.7 Å². The lowest BCUT2D eigenvalue weighted by molar-refractivity contribution is 0.0996. The van der Waals surface area contributed by atoms with Crippen molar-refractivity contribution in [2.75, 3.05) is 13.2 Å². The van der Waals surface area contributed by atoms with Crippen LogP contribution in [0.25, 0.3) is 0 Å². The third-order valence-electron chi connectivity index (χ3n) is 5.35. The van der Waals surface area contributed by atoms with Crippen LogP contribution in [0.4, 0.5) is 0 Å². The Bertz CT molecular complexity index is 242. The van der Waals surface area contributed by atoms with Gasteiger partial charge in [-0.2, -0.15) is 0 Å². The van der Waals surface area contributed by atoms with Crippen LogP contribution in [-0.4, -0.2) is 25.3 Å². The highest BCUT2D eigenvalue weighted by Gasteiger charge is 2.25. The minimum Gasteiger partial charge on any atom is -0.378 e. The van der Waals surface area contributed by atoms with E-state index in [4.69, 9.17) is 4.74 Å². The maximum Gasteiger partial charge on any atom is 0.0576 e. The van der Waals surface area contributed by atoms with Crippen molar-refractivity contribution in [2.24, 2.45) is 11.8 Å². The van der Waals surface area contributed by atoms with Crippen molar-refractivity contribution >= 4 is 0 Å². The molecular weight excluding hydrogens is 246 g/mol. The minimum atomic E-state index is 0.577. The van der Waals surface area contributed by atoms with Crippen LogP contribution in [0.2, 0.25) is 0 Å². The van der Waals surface area contributed by atoms with Crippen molar-refractivity contribution in [3.63, 3.8) is 0 Å². The van der Waals surface area contributed by atoms with Gasteiger partial charge in [-0.25, -0.2) is 0 Å². The Morgan fingerprint density at radius 2 is 1.95 bits per heavy atom. The Hall–Kier alpha value is -0.0800. The predicted molar refractivity (Wildman–Crippen MR) is 86.0 cm³/mol. The van der Waals surface area contributed by atoms with Gasteiger partial charge in [0.15, 0.2) is 0 Å². The highest BCUT2D eigenvalue weighted by Crippen LogP contribution is 2.32. The maximum absolute atomic E-state index is 5.76. The molecule has 2 nitrogen and oxygen atoms in total. The number of rotatable bonds is 8. The molecule has 2 atom stereocenters. The van der Waals surface area contributed by atoms with Crippen LogP contribution < -0.4 is 5.32 Å². The zero-order chi connectivity index (χ0) is 14.2. The standard InChI is InChI=1S/C18H35NO/c1-3-13-19-18(16-11-9-15(2)10-12-16)8-4-6-17-7-5-14-20-17/h15-19H,3-14H2,1-2H3. The molecule has 2 unspecified atom stereocenters. The molecule has 2 fully saturated rings. The lowest BCUT2D eigenvalue weighted by Crippen LogP contribution is -2.38. The molecular formula is C18H35NO. The quantitative estimate of drug-likeness (QED) is 0.706. The van der Waals surface area contributed by atoms with E-state index < -0.39 is 0 Å². The first-order valence-electron chi connectivity index (χ1n) is 9.14. The Morgan fingerprint density at radius 1 is 1.15 bits per heavy atom. The Morgan fingerprint density at radius 3 is 2.60 bits per heavy atom. The van der Waals surface area contributed by atoms with E-state index in [1.807, 2.05) is 0 Å². The van der Waals surface area contributed by atoms with Crippen LogP contribution in [0.1, 0.15) is 78.1 Å². The second-order valence-corrected chi connectivity index (χ2v) is 7.15. The van der Waals surface area contributed by atoms with Gasteiger partial charge in [-0.3, -0.25) is 0 Å². The zero-order valence-corrected chi connectivity index (χ0v) is 13.7. The van der Waals surface area contributed by atoms with E-state index in [0.717, 1.165) is 24.5 Å². The van der Waals surface area contributed by atoms with E-state index in [1.165, 1.54) is 70.8 Å². The van der Waals surface area contributed by atoms with Crippen LogP contribution >= 0.6 is 0 Å². The van der Waals surface area contributed by atoms with Gasteiger partial charge in [0.1, 0.15) is 0 Å². The van der Waals surface area contributed by atoms with Crippen molar-refractivity contribution in [1.29, 1.82) is 0 Å². The fraction of sp³-hybridized carbons (Fsp3) is 1.00. The average molecular weight is 281 g/mol. The van der Waals surface area contributed by atoms with Gasteiger partial charge in [-0.1, -0.05) is 26.7 Å². The smallest absolute Gasteiger partial charge is 0.0576 e. The fourth-order valence-electron chi connectivity index (χ4n) is 3.96. The minimum absolute atomic E-state index is 0.577. The Labute approximate surface area is 126 Å². The number of ether oxygens (including phenoxy) is 1. The summed E-state index contributed by atoms with van der Waals surface area (Å²) in [6.45, 7) is 6.89. The van der Waals surface area contributed by atoms with Crippen molar-refractivity contribution < 1.29 is 4.74 Å². The number of hydrogen-bond donors (Lipinski definition) is 1. The fourth-order valence-corrected chi connectivity index (χ4v) is 3.96. The summed E-state index contributed by atoms with van der Waals surface area (Å²) >= 11 is 0. The summed E-state index contributed by atoms with van der Waals surface area (Å²) in [6.07, 6.45) is 14.2. The van der Waals surface area contributed by atoms with E-state index in [1.54, 1.807) is 0 Å². The van der Waals surface area contributed by atoms with Gasteiger partial charge in [-0.15, -0.1) is 0 Å². The SMILES string of the molecule is CCCNC(CCCC1CCCO1)C1CCC(C)CC1. The van der Waals surface area contributed by atoms with E-state index >= 15 is 0 Å². The van der Waals surface area contributed by atoms with Crippen LogP contribution in [0.15, 0.2) is 0 Å². The van der Waals surface area contributed by atoms with Gasteiger partial charge < -0.3 is 10.1 Å². The average Bonchev–Trinajstić information content (AvgIpc) is 2.97. The van der Waals surface area contributed by atoms with Crippen molar-refractivity contribution in [2.45, 2.75) is 90.2 Å². The molecule has 1 aliphatic heterocycles. The molecule has 20 heavy (non-hydrogen) atoms. The highest BCUT2D eigenvalue weighted by atomic mass is 16.5. The summed E-state index contributed by atoms with van der Waals surface area (Å²) in [5.41, 5.74) is 0. The van der Waals surface area contributed by atoms with Crippen LogP contribution in [-0.2, 0) is 4.74 Å². The maximum atomic E-state index is 5.76. The van der Waals surface area contributed by atoms with E-state index in [2.05, 4.69) is 19.2 Å². The van der Waals surface area contributed by atoms with E-state index in [9.17, 15) is 0 Å². The molecule has 2 aliphatic rings. The van der Waals surface area contributed by atoms with Gasteiger partial charge >= 0.3 is 0 Å². The topological polar surface area (TPSA) is 21.3 Å². The van der Waals surface area contributed by atoms with Gasteiger partial charge in [0.2, 0.25) is 0 Å². The molecule has 0 aromatic carbocycles. The molecule has 0 radical (unpaired) electrons. The number of nitrogens with one attached hydrogen (secondary N) is 1. The number of hydrogen-bond acceptors (Lipinski definition) is 2. The van der Waals surface area contributed by atoms with Crippen LogP contribution in [0.5, 0.6) is 0 Å². The molecule has 1 heterocycles. The van der Waals surface area contributed by atoms with Crippen LogP contribution in [0.3, 0.4) is 0 Å². The largest absolute Gasteiger partial charge is 0.378 e. The first kappa shape index (κ1) is 16.3. The highest BCUT2D eigenvalue weighted by molar-refractivity contribution is 4.81. The second kappa shape index (κ2) is 9.04. The monoisotopic (exact) mass is 281 g/mol. The van der Waals surface area contributed by atoms with Crippen molar-refractivity contribution in [3.8, 4) is 0 Å². The Kier molecular flexibility index (Phi) is 7.37. The molecule has 0 aromatic heterocycles. The summed E-state index contributed by atoms with van der Waals surface area (Å²) in [7, 11) is 0.